The third-order valence-corrected chi connectivity index (χ3v) is 4.41. The fourth-order valence-corrected chi connectivity index (χ4v) is 3.08. The van der Waals surface area contributed by atoms with Gasteiger partial charge in [-0.1, -0.05) is 42.5 Å². The highest BCUT2D eigenvalue weighted by Crippen LogP contribution is 2.23. The Hall–Kier alpha value is -2.33. The Morgan fingerprint density at radius 1 is 1.17 bits per heavy atom. The van der Waals surface area contributed by atoms with Crippen LogP contribution in [0.1, 0.15) is 22.8 Å². The number of hydrogen-bond donors (Lipinski definition) is 0. The van der Waals surface area contributed by atoms with Crippen molar-refractivity contribution in [3.63, 3.8) is 0 Å². The number of nitrogens with zero attached hydrogens (tertiary/aromatic N) is 1. The summed E-state index contributed by atoms with van der Waals surface area (Å²) in [5.41, 5.74) is 1.83. The molecule has 4 nitrogen and oxygen atoms in total. The zero-order valence-electron chi connectivity index (χ0n) is 14.1. The Morgan fingerprint density at radius 2 is 1.88 bits per heavy atom. The molecule has 2 aromatic rings. The van der Waals surface area contributed by atoms with E-state index in [4.69, 9.17) is 9.47 Å². The molecule has 126 valence electrons. The number of para-hydroxylation sites is 1. The topological polar surface area (TPSA) is 38.8 Å². The third-order valence-electron chi connectivity index (χ3n) is 4.41. The molecule has 2 aromatic carbocycles. The Labute approximate surface area is 143 Å². The number of amides is 1. The van der Waals surface area contributed by atoms with Crippen LogP contribution in [0.2, 0.25) is 0 Å². The van der Waals surface area contributed by atoms with Gasteiger partial charge in [-0.15, -0.1) is 0 Å². The van der Waals surface area contributed by atoms with Gasteiger partial charge in [0.1, 0.15) is 5.75 Å². The Balaban J connectivity index is 1.75. The molecule has 0 radical (unpaired) electrons. The number of carbonyl (C=O) groups excluding carboxylic acids is 1. The largest absolute Gasteiger partial charge is 0.496 e. The van der Waals surface area contributed by atoms with Crippen molar-refractivity contribution in [2.75, 3.05) is 20.3 Å². The van der Waals surface area contributed by atoms with Crippen molar-refractivity contribution in [1.29, 1.82) is 0 Å². The average molecular weight is 325 g/mol. The lowest BCUT2D eigenvalue weighted by atomic mass is 10.0. The lowest BCUT2D eigenvalue weighted by molar-refractivity contribution is -0.0464. The van der Waals surface area contributed by atoms with E-state index in [2.05, 4.69) is 12.1 Å². The second-order valence-corrected chi connectivity index (χ2v) is 6.15. The summed E-state index contributed by atoms with van der Waals surface area (Å²) in [4.78, 5) is 14.9. The van der Waals surface area contributed by atoms with E-state index in [9.17, 15) is 4.79 Å². The van der Waals surface area contributed by atoms with Gasteiger partial charge in [0, 0.05) is 13.0 Å². The highest BCUT2D eigenvalue weighted by Gasteiger charge is 2.31. The molecule has 3 rings (SSSR count). The van der Waals surface area contributed by atoms with Gasteiger partial charge in [0.2, 0.25) is 0 Å². The molecule has 24 heavy (non-hydrogen) atoms. The van der Waals surface area contributed by atoms with E-state index in [1.807, 2.05) is 54.3 Å². The Kier molecular flexibility index (Phi) is 5.16. The van der Waals surface area contributed by atoms with E-state index in [-0.39, 0.29) is 18.1 Å². The molecule has 1 fully saturated rings. The minimum atomic E-state index is 0.00121. The summed E-state index contributed by atoms with van der Waals surface area (Å²) in [7, 11) is 1.59. The van der Waals surface area contributed by atoms with Crippen molar-refractivity contribution in [2.24, 2.45) is 0 Å². The van der Waals surface area contributed by atoms with Crippen LogP contribution in [0.3, 0.4) is 0 Å². The average Bonchev–Trinajstić information content (AvgIpc) is 2.63. The van der Waals surface area contributed by atoms with Crippen LogP contribution < -0.4 is 4.74 Å². The first-order valence-electron chi connectivity index (χ1n) is 8.28. The number of hydrogen-bond acceptors (Lipinski definition) is 3. The van der Waals surface area contributed by atoms with Gasteiger partial charge in [-0.2, -0.15) is 0 Å². The van der Waals surface area contributed by atoms with E-state index in [1.165, 1.54) is 5.56 Å². The van der Waals surface area contributed by atoms with E-state index in [1.54, 1.807) is 7.11 Å². The van der Waals surface area contributed by atoms with Gasteiger partial charge in [0.15, 0.2) is 0 Å². The second kappa shape index (κ2) is 7.49. The van der Waals surface area contributed by atoms with Crippen LogP contribution in [0.25, 0.3) is 0 Å². The molecular formula is C20H23NO3. The molecule has 1 amide bonds. The molecule has 1 saturated heterocycles. The molecule has 1 aliphatic heterocycles. The van der Waals surface area contributed by atoms with Gasteiger partial charge in [0.05, 0.1) is 31.4 Å². The summed E-state index contributed by atoms with van der Waals surface area (Å²) in [5, 5.41) is 0. The number of benzene rings is 2. The predicted molar refractivity (Wildman–Crippen MR) is 93.4 cm³/mol. The van der Waals surface area contributed by atoms with Crippen molar-refractivity contribution in [3.05, 3.63) is 65.7 Å². The zero-order chi connectivity index (χ0) is 16.9. The summed E-state index contributed by atoms with van der Waals surface area (Å²) in [6.45, 7) is 3.16. The zero-order valence-corrected chi connectivity index (χ0v) is 14.1. The minimum absolute atomic E-state index is 0.00121. The molecule has 0 spiro atoms. The maximum atomic E-state index is 13.0. The van der Waals surface area contributed by atoms with Crippen LogP contribution >= 0.6 is 0 Å². The predicted octanol–water partition coefficient (Wildman–Crippen LogP) is 3.17. The van der Waals surface area contributed by atoms with Crippen molar-refractivity contribution < 1.29 is 14.3 Å². The first-order valence-corrected chi connectivity index (χ1v) is 8.28. The van der Waals surface area contributed by atoms with E-state index < -0.39 is 0 Å². The number of morpholine rings is 1. The van der Waals surface area contributed by atoms with Crippen molar-refractivity contribution >= 4 is 5.91 Å². The third kappa shape index (κ3) is 3.60. The summed E-state index contributed by atoms with van der Waals surface area (Å²) in [6, 6.07) is 17.7. The van der Waals surface area contributed by atoms with Crippen molar-refractivity contribution in [1.82, 2.24) is 4.90 Å². The highest BCUT2D eigenvalue weighted by atomic mass is 16.5. The van der Waals surface area contributed by atoms with Gasteiger partial charge in [0.25, 0.3) is 5.91 Å². The molecule has 4 heteroatoms. The normalized spacial score (nSPS) is 20.7. The van der Waals surface area contributed by atoms with Crippen LogP contribution in [0.15, 0.2) is 54.6 Å². The molecule has 0 N–H and O–H groups in total. The van der Waals surface area contributed by atoms with Gasteiger partial charge >= 0.3 is 0 Å². The Bertz CT molecular complexity index is 686. The van der Waals surface area contributed by atoms with Crippen molar-refractivity contribution in [2.45, 2.75) is 25.5 Å². The quantitative estimate of drug-likeness (QED) is 0.867. The van der Waals surface area contributed by atoms with Crippen LogP contribution in [-0.2, 0) is 11.2 Å². The summed E-state index contributed by atoms with van der Waals surface area (Å²) >= 11 is 0. The number of methoxy groups -OCH3 is 1. The fraction of sp³-hybridized carbons (Fsp3) is 0.350. The van der Waals surface area contributed by atoms with Crippen molar-refractivity contribution in [3.8, 4) is 5.75 Å². The number of carbonyl (C=O) groups is 1. The Morgan fingerprint density at radius 3 is 2.62 bits per heavy atom. The van der Waals surface area contributed by atoms with Gasteiger partial charge in [-0.05, 0) is 24.6 Å². The molecule has 0 saturated carbocycles. The van der Waals surface area contributed by atoms with Crippen LogP contribution in [0.5, 0.6) is 5.75 Å². The summed E-state index contributed by atoms with van der Waals surface area (Å²) in [5.74, 6) is 0.613. The molecule has 2 atom stereocenters. The smallest absolute Gasteiger partial charge is 0.258 e. The monoisotopic (exact) mass is 325 g/mol. The lowest BCUT2D eigenvalue weighted by Gasteiger charge is -2.38. The van der Waals surface area contributed by atoms with E-state index in [0.717, 1.165) is 6.42 Å². The van der Waals surface area contributed by atoms with Gasteiger partial charge in [-0.25, -0.2) is 0 Å². The minimum Gasteiger partial charge on any atom is -0.496 e. The molecule has 1 aliphatic rings. The highest BCUT2D eigenvalue weighted by molar-refractivity contribution is 5.97. The van der Waals surface area contributed by atoms with E-state index in [0.29, 0.717) is 24.5 Å². The standard InChI is InChI=1S/C20H23NO3/c1-15-14-24-17(12-16-8-4-3-5-9-16)13-21(15)20(22)18-10-6-7-11-19(18)23-2/h3-11,15,17H,12-14H2,1-2H3. The SMILES string of the molecule is COc1ccccc1C(=O)N1CC(Cc2ccccc2)OCC1C. The van der Waals surface area contributed by atoms with Gasteiger partial charge in [-0.3, -0.25) is 4.79 Å². The maximum absolute atomic E-state index is 13.0. The maximum Gasteiger partial charge on any atom is 0.258 e. The van der Waals surface area contributed by atoms with E-state index >= 15 is 0 Å². The van der Waals surface area contributed by atoms with Crippen LogP contribution in [0.4, 0.5) is 0 Å². The summed E-state index contributed by atoms with van der Waals surface area (Å²) in [6.07, 6.45) is 0.825. The fourth-order valence-electron chi connectivity index (χ4n) is 3.08. The molecule has 0 bridgehead atoms. The number of rotatable bonds is 4. The molecule has 0 aromatic heterocycles. The molecular weight excluding hydrogens is 302 g/mol. The molecule has 1 heterocycles. The molecule has 0 aliphatic carbocycles. The first-order chi connectivity index (χ1) is 11.7. The summed E-state index contributed by atoms with van der Waals surface area (Å²) < 4.78 is 11.3. The van der Waals surface area contributed by atoms with Crippen LogP contribution in [-0.4, -0.2) is 43.2 Å². The number of ether oxygens (including phenoxy) is 2. The van der Waals surface area contributed by atoms with Gasteiger partial charge < -0.3 is 14.4 Å². The first kappa shape index (κ1) is 16.5. The van der Waals surface area contributed by atoms with Crippen LogP contribution in [0, 0.1) is 0 Å². The lowest BCUT2D eigenvalue weighted by Crippen LogP contribution is -2.51. The second-order valence-electron chi connectivity index (χ2n) is 6.15. The molecule has 2 unspecified atom stereocenters.